The van der Waals surface area contributed by atoms with Crippen molar-refractivity contribution in [1.82, 2.24) is 0 Å². The molecule has 2 heteroatoms. The second-order valence-corrected chi connectivity index (χ2v) is 6.99. The smallest absolute Gasteiger partial charge is 0.123 e. The summed E-state index contributed by atoms with van der Waals surface area (Å²) in [5, 5.41) is 9.93. The van der Waals surface area contributed by atoms with Crippen LogP contribution in [-0.4, -0.2) is 11.7 Å². The molecule has 0 bridgehead atoms. The van der Waals surface area contributed by atoms with Crippen LogP contribution in [0.25, 0.3) is 0 Å². The summed E-state index contributed by atoms with van der Waals surface area (Å²) < 4.78 is 13.5. The van der Waals surface area contributed by atoms with E-state index in [4.69, 9.17) is 0 Å². The molecule has 0 radical (unpaired) electrons. The molecule has 0 saturated heterocycles. The maximum absolute atomic E-state index is 13.5. The number of aliphatic hydroxyl groups excluding tert-OH is 1. The third-order valence-electron chi connectivity index (χ3n) is 5.34. The third kappa shape index (κ3) is 4.29. The molecule has 0 aliphatic heterocycles. The third-order valence-corrected chi connectivity index (χ3v) is 5.34. The minimum absolute atomic E-state index is 0.0265. The van der Waals surface area contributed by atoms with E-state index in [1.54, 1.807) is 6.07 Å². The van der Waals surface area contributed by atoms with Crippen LogP contribution in [0.4, 0.5) is 4.39 Å². The highest BCUT2D eigenvalue weighted by molar-refractivity contribution is 5.28. The van der Waals surface area contributed by atoms with E-state index in [0.717, 1.165) is 36.3 Å². The summed E-state index contributed by atoms with van der Waals surface area (Å²) in [6.45, 7) is 4.50. The van der Waals surface area contributed by atoms with Gasteiger partial charge >= 0.3 is 0 Å². The van der Waals surface area contributed by atoms with Crippen LogP contribution in [-0.2, 0) is 6.42 Å². The van der Waals surface area contributed by atoms with Crippen LogP contribution in [0.2, 0.25) is 0 Å². The molecule has 1 saturated carbocycles. The summed E-state index contributed by atoms with van der Waals surface area (Å²) in [5.74, 6) is 0.665. The van der Waals surface area contributed by atoms with Crippen molar-refractivity contribution >= 4 is 0 Å². The highest BCUT2D eigenvalue weighted by Gasteiger charge is 2.35. The Bertz CT molecular complexity index is 447. The van der Waals surface area contributed by atoms with Gasteiger partial charge in [-0.1, -0.05) is 32.3 Å². The number of hydrogen-bond acceptors (Lipinski definition) is 1. The summed E-state index contributed by atoms with van der Waals surface area (Å²) in [4.78, 5) is 0. The predicted octanol–water partition coefficient (Wildman–Crippen LogP) is 5.04. The molecular formula is C19H29FO. The lowest BCUT2D eigenvalue weighted by molar-refractivity contribution is 0.0619. The summed E-state index contributed by atoms with van der Waals surface area (Å²) in [6, 6.07) is 5.02. The van der Waals surface area contributed by atoms with Gasteiger partial charge in [0.1, 0.15) is 5.82 Å². The maximum Gasteiger partial charge on any atom is 0.123 e. The van der Waals surface area contributed by atoms with Gasteiger partial charge in [0.05, 0.1) is 0 Å². The standard InChI is InChI=1S/C19H29FO/c1-3-4-5-16-8-10-19(14-21,11-9-16)13-17-12-18(20)7-6-15(17)2/h6-7,12,16,21H,3-5,8-11,13-14H2,1-2H3. The minimum Gasteiger partial charge on any atom is -0.396 e. The zero-order valence-corrected chi connectivity index (χ0v) is 13.5. The van der Waals surface area contributed by atoms with E-state index in [-0.39, 0.29) is 17.8 Å². The van der Waals surface area contributed by atoms with Gasteiger partial charge in [0.15, 0.2) is 0 Å². The molecule has 0 amide bonds. The maximum atomic E-state index is 13.5. The fourth-order valence-electron chi connectivity index (χ4n) is 3.70. The number of benzene rings is 1. The zero-order chi connectivity index (χ0) is 15.3. The SMILES string of the molecule is CCCCC1CCC(CO)(Cc2cc(F)ccc2C)CC1. The molecule has 0 heterocycles. The molecule has 1 fully saturated rings. The fourth-order valence-corrected chi connectivity index (χ4v) is 3.70. The predicted molar refractivity (Wildman–Crippen MR) is 85.8 cm³/mol. The molecule has 0 unspecified atom stereocenters. The first-order valence-electron chi connectivity index (χ1n) is 8.44. The molecule has 0 spiro atoms. The Labute approximate surface area is 128 Å². The molecule has 1 aliphatic carbocycles. The van der Waals surface area contributed by atoms with Crippen LogP contribution in [0, 0.1) is 24.1 Å². The quantitative estimate of drug-likeness (QED) is 0.779. The van der Waals surface area contributed by atoms with Crippen LogP contribution in [0.15, 0.2) is 18.2 Å². The Hall–Kier alpha value is -0.890. The van der Waals surface area contributed by atoms with E-state index in [1.165, 1.54) is 38.2 Å². The lowest BCUT2D eigenvalue weighted by Gasteiger charge is -2.39. The molecule has 2 rings (SSSR count). The van der Waals surface area contributed by atoms with Gasteiger partial charge in [-0.15, -0.1) is 0 Å². The van der Waals surface area contributed by atoms with Gasteiger partial charge in [0, 0.05) is 6.61 Å². The first kappa shape index (κ1) is 16.5. The number of aliphatic hydroxyl groups is 1. The Kier molecular flexibility index (Phi) is 5.80. The van der Waals surface area contributed by atoms with Gasteiger partial charge < -0.3 is 5.11 Å². The average molecular weight is 292 g/mol. The summed E-state index contributed by atoms with van der Waals surface area (Å²) >= 11 is 0. The highest BCUT2D eigenvalue weighted by atomic mass is 19.1. The second-order valence-electron chi connectivity index (χ2n) is 6.99. The van der Waals surface area contributed by atoms with Gasteiger partial charge in [-0.3, -0.25) is 0 Å². The molecule has 1 aromatic carbocycles. The monoisotopic (exact) mass is 292 g/mol. The van der Waals surface area contributed by atoms with Crippen molar-refractivity contribution in [1.29, 1.82) is 0 Å². The normalized spacial score (nSPS) is 26.0. The van der Waals surface area contributed by atoms with Crippen molar-refractivity contribution in [2.75, 3.05) is 6.61 Å². The van der Waals surface area contributed by atoms with E-state index in [2.05, 4.69) is 6.92 Å². The average Bonchev–Trinajstić information content (AvgIpc) is 2.50. The molecule has 0 aromatic heterocycles. The van der Waals surface area contributed by atoms with Crippen LogP contribution < -0.4 is 0 Å². The van der Waals surface area contributed by atoms with Crippen molar-refractivity contribution in [3.05, 3.63) is 35.1 Å². The van der Waals surface area contributed by atoms with E-state index in [9.17, 15) is 9.50 Å². The first-order valence-corrected chi connectivity index (χ1v) is 8.44. The van der Waals surface area contributed by atoms with Crippen LogP contribution in [0.3, 0.4) is 0 Å². The van der Waals surface area contributed by atoms with E-state index >= 15 is 0 Å². The molecule has 1 aromatic rings. The first-order chi connectivity index (χ1) is 10.1. The summed E-state index contributed by atoms with van der Waals surface area (Å²) in [7, 11) is 0. The molecular weight excluding hydrogens is 263 g/mol. The molecule has 1 nitrogen and oxygen atoms in total. The fraction of sp³-hybridized carbons (Fsp3) is 0.684. The van der Waals surface area contributed by atoms with Crippen LogP contribution in [0.5, 0.6) is 0 Å². The van der Waals surface area contributed by atoms with Crippen molar-refractivity contribution in [3.8, 4) is 0 Å². The van der Waals surface area contributed by atoms with Gasteiger partial charge in [-0.05, 0) is 73.6 Å². The number of hydrogen-bond donors (Lipinski definition) is 1. The number of unbranched alkanes of at least 4 members (excludes halogenated alkanes) is 1. The van der Waals surface area contributed by atoms with Gasteiger partial charge in [-0.25, -0.2) is 4.39 Å². The van der Waals surface area contributed by atoms with Crippen molar-refractivity contribution in [2.24, 2.45) is 11.3 Å². The van der Waals surface area contributed by atoms with Gasteiger partial charge in [0.25, 0.3) is 0 Å². The summed E-state index contributed by atoms with van der Waals surface area (Å²) in [5.41, 5.74) is 2.18. The Morgan fingerprint density at radius 3 is 2.62 bits per heavy atom. The zero-order valence-electron chi connectivity index (χ0n) is 13.5. The second kappa shape index (κ2) is 7.40. The molecule has 1 N–H and O–H groups in total. The van der Waals surface area contributed by atoms with Gasteiger partial charge in [0.2, 0.25) is 0 Å². The highest BCUT2D eigenvalue weighted by Crippen LogP contribution is 2.43. The topological polar surface area (TPSA) is 20.2 Å². The lowest BCUT2D eigenvalue weighted by Crippen LogP contribution is -2.33. The van der Waals surface area contributed by atoms with E-state index in [1.807, 2.05) is 13.0 Å². The van der Waals surface area contributed by atoms with Crippen LogP contribution >= 0.6 is 0 Å². The van der Waals surface area contributed by atoms with Crippen molar-refractivity contribution in [3.63, 3.8) is 0 Å². The van der Waals surface area contributed by atoms with Crippen LogP contribution in [0.1, 0.15) is 63.0 Å². The van der Waals surface area contributed by atoms with E-state index in [0.29, 0.717) is 0 Å². The molecule has 118 valence electrons. The Balaban J connectivity index is 2.01. The van der Waals surface area contributed by atoms with E-state index < -0.39 is 0 Å². The molecule has 21 heavy (non-hydrogen) atoms. The lowest BCUT2D eigenvalue weighted by atomic mass is 9.67. The molecule has 1 aliphatic rings. The van der Waals surface area contributed by atoms with Gasteiger partial charge in [-0.2, -0.15) is 0 Å². The molecule has 0 atom stereocenters. The largest absolute Gasteiger partial charge is 0.396 e. The number of halogens is 1. The van der Waals surface area contributed by atoms with Crippen molar-refractivity contribution < 1.29 is 9.50 Å². The Morgan fingerprint density at radius 2 is 2.00 bits per heavy atom. The van der Waals surface area contributed by atoms with Crippen molar-refractivity contribution in [2.45, 2.75) is 65.2 Å². The number of aryl methyl sites for hydroxylation is 1. The summed E-state index contributed by atoms with van der Waals surface area (Å²) in [6.07, 6.45) is 9.32. The minimum atomic E-state index is -0.166. The number of rotatable bonds is 6. The Morgan fingerprint density at radius 1 is 1.29 bits per heavy atom.